The summed E-state index contributed by atoms with van der Waals surface area (Å²) in [4.78, 5) is 47.2. The van der Waals surface area contributed by atoms with Gasteiger partial charge in [-0.1, -0.05) is 41.5 Å². The number of benzene rings is 1. The van der Waals surface area contributed by atoms with E-state index in [-0.39, 0.29) is 26.9 Å². The molecular formula is C24H22N4O6S. The number of ether oxygens (including phenoxy) is 2. The van der Waals surface area contributed by atoms with Crippen LogP contribution in [0.25, 0.3) is 11.5 Å². The van der Waals surface area contributed by atoms with Gasteiger partial charge in [0.15, 0.2) is 12.2 Å². The summed E-state index contributed by atoms with van der Waals surface area (Å²) in [5.41, 5.74) is 5.84. The Morgan fingerprint density at radius 3 is 2.66 bits per heavy atom. The second-order valence-electron chi connectivity index (χ2n) is 6.63. The number of thiazole rings is 1. The highest BCUT2D eigenvalue weighted by atomic mass is 32.1. The Kier molecular flexibility index (Phi) is 10.0. The third-order valence-electron chi connectivity index (χ3n) is 4.07. The smallest absolute Gasteiger partial charge is 0.357 e. The van der Waals surface area contributed by atoms with Crippen molar-refractivity contribution in [2.45, 2.75) is 20.4 Å². The third kappa shape index (κ3) is 8.03. The highest BCUT2D eigenvalue weighted by Crippen LogP contribution is 2.14. The number of rotatable bonds is 9. The quantitative estimate of drug-likeness (QED) is 0.228. The molecule has 2 N–H and O–H groups in total. The minimum absolute atomic E-state index is 0.0543. The second kappa shape index (κ2) is 13.2. The maximum Gasteiger partial charge on any atom is 0.357 e. The number of esters is 2. The first-order valence-electron chi connectivity index (χ1n) is 10.2. The van der Waals surface area contributed by atoms with Crippen LogP contribution in [0.2, 0.25) is 0 Å². The molecule has 35 heavy (non-hydrogen) atoms. The second-order valence-corrected chi connectivity index (χ2v) is 7.63. The number of nitriles is 1. The molecule has 1 aromatic heterocycles. The van der Waals surface area contributed by atoms with Gasteiger partial charge in [-0.3, -0.25) is 19.0 Å². The van der Waals surface area contributed by atoms with Gasteiger partial charge in [-0.2, -0.15) is 5.26 Å². The summed E-state index contributed by atoms with van der Waals surface area (Å²) < 4.78 is 11.4. The van der Waals surface area contributed by atoms with E-state index in [2.05, 4.69) is 33.4 Å². The summed E-state index contributed by atoms with van der Waals surface area (Å²) in [5, 5.41) is 14.8. The highest BCUT2D eigenvalue weighted by molar-refractivity contribution is 7.07. The lowest BCUT2D eigenvalue weighted by Crippen LogP contribution is -2.30. The molecule has 0 bridgehead atoms. The van der Waals surface area contributed by atoms with Crippen molar-refractivity contribution in [1.82, 2.24) is 4.57 Å². The van der Waals surface area contributed by atoms with E-state index < -0.39 is 24.5 Å². The zero-order valence-electron chi connectivity index (χ0n) is 19.0. The molecule has 180 valence electrons. The van der Waals surface area contributed by atoms with E-state index in [0.29, 0.717) is 17.9 Å². The van der Waals surface area contributed by atoms with E-state index in [0.717, 1.165) is 11.3 Å². The number of amides is 1. The van der Waals surface area contributed by atoms with Crippen LogP contribution in [0.3, 0.4) is 0 Å². The Balaban J connectivity index is 2.34. The zero-order valence-corrected chi connectivity index (χ0v) is 19.9. The Morgan fingerprint density at radius 1 is 1.26 bits per heavy atom. The first kappa shape index (κ1) is 26.6. The maximum atomic E-state index is 12.7. The summed E-state index contributed by atoms with van der Waals surface area (Å²) in [6, 6.07) is 8.45. The maximum absolute atomic E-state index is 12.7. The molecule has 0 unspecified atom stereocenters. The van der Waals surface area contributed by atoms with Gasteiger partial charge in [0.05, 0.1) is 0 Å². The van der Waals surface area contributed by atoms with Crippen molar-refractivity contribution in [1.29, 1.82) is 5.26 Å². The highest BCUT2D eigenvalue weighted by Gasteiger charge is 2.10. The minimum atomic E-state index is -0.863. The van der Waals surface area contributed by atoms with Gasteiger partial charge in [0, 0.05) is 31.0 Å². The van der Waals surface area contributed by atoms with Crippen molar-refractivity contribution in [3.05, 3.63) is 68.2 Å². The van der Waals surface area contributed by atoms with Crippen LogP contribution in [0, 0.1) is 11.3 Å². The number of carbonyl (C=O) groups excluding carboxylic acids is 3. The van der Waals surface area contributed by atoms with E-state index >= 15 is 0 Å². The van der Waals surface area contributed by atoms with E-state index in [9.17, 15) is 24.4 Å². The van der Waals surface area contributed by atoms with Gasteiger partial charge in [-0.15, -0.1) is 0 Å². The Labute approximate surface area is 204 Å². The van der Waals surface area contributed by atoms with Gasteiger partial charge in [0.25, 0.3) is 11.5 Å². The molecule has 1 aromatic carbocycles. The molecule has 0 atom stereocenters. The largest absolute Gasteiger partial charge is 0.457 e. The van der Waals surface area contributed by atoms with Crippen LogP contribution in [-0.2, 0) is 30.4 Å². The Bertz CT molecular complexity index is 1430. The van der Waals surface area contributed by atoms with Crippen molar-refractivity contribution in [2.24, 2.45) is 0 Å². The molecule has 0 aliphatic heterocycles. The summed E-state index contributed by atoms with van der Waals surface area (Å²) in [6.45, 7) is 6.24. The lowest BCUT2D eigenvalue weighted by molar-refractivity contribution is -0.145. The first-order valence-corrected chi connectivity index (χ1v) is 11.0. The number of hydrogen-bond acceptors (Lipinski definition) is 9. The molecule has 0 fully saturated rings. The van der Waals surface area contributed by atoms with Gasteiger partial charge < -0.3 is 20.1 Å². The minimum Gasteiger partial charge on any atom is -0.457 e. The lowest BCUT2D eigenvalue weighted by Gasteiger charge is -2.07. The monoisotopic (exact) mass is 494 g/mol. The molecule has 0 aliphatic carbocycles. The summed E-state index contributed by atoms with van der Waals surface area (Å²) in [6.07, 6.45) is 2.79. The molecule has 1 heterocycles. The number of nitrogens with one attached hydrogen (secondary N) is 2. The SMILES string of the molecule is C=CCOC(=O)C(=C=c1sc(=C=CNc2cccc(NC(=O)COC(C)=O)c2)c(=O)n1CC)C#N. The summed E-state index contributed by atoms with van der Waals surface area (Å²) >= 11 is 1.01. The van der Waals surface area contributed by atoms with E-state index in [4.69, 9.17) is 4.74 Å². The Morgan fingerprint density at radius 2 is 2.00 bits per heavy atom. The van der Waals surface area contributed by atoms with Crippen LogP contribution >= 0.6 is 11.3 Å². The number of anilines is 2. The average molecular weight is 495 g/mol. The van der Waals surface area contributed by atoms with Crippen LogP contribution in [0.4, 0.5) is 11.4 Å². The fraction of sp³-hybridized carbons (Fsp3) is 0.208. The van der Waals surface area contributed by atoms with Crippen molar-refractivity contribution in [3.63, 3.8) is 0 Å². The predicted octanol–water partition coefficient (Wildman–Crippen LogP) is 0.995. The van der Waals surface area contributed by atoms with E-state index in [1.54, 1.807) is 37.3 Å². The van der Waals surface area contributed by atoms with Gasteiger partial charge in [0.1, 0.15) is 21.9 Å². The van der Waals surface area contributed by atoms with E-state index in [1.165, 1.54) is 23.8 Å². The van der Waals surface area contributed by atoms with Gasteiger partial charge in [0.2, 0.25) is 0 Å². The standard InChI is InChI=1S/C24H22N4O6S/c1-4-11-33-24(32)17(14-25)12-22-28(5-2)23(31)20(35-22)9-10-26-18-7-6-8-19(13-18)27-21(30)15-34-16(3)29/h4,6-8,10,13,26H,1,5,11,15H2,2-3H3,(H,27,30). The third-order valence-corrected chi connectivity index (χ3v) is 5.09. The molecule has 0 aliphatic rings. The normalized spacial score (nSPS) is 9.51. The summed E-state index contributed by atoms with van der Waals surface area (Å²) in [7, 11) is 0. The number of carbonyl (C=O) groups is 3. The van der Waals surface area contributed by atoms with Crippen molar-refractivity contribution in [3.8, 4) is 6.07 Å². The van der Waals surface area contributed by atoms with Crippen molar-refractivity contribution in [2.75, 3.05) is 23.8 Å². The predicted molar refractivity (Wildman–Crippen MR) is 130 cm³/mol. The van der Waals surface area contributed by atoms with Crippen LogP contribution < -0.4 is 25.4 Å². The molecule has 11 heteroatoms. The van der Waals surface area contributed by atoms with Crippen LogP contribution in [0.5, 0.6) is 0 Å². The van der Waals surface area contributed by atoms with Gasteiger partial charge in [-0.05, 0) is 25.1 Å². The molecule has 2 rings (SSSR count). The lowest BCUT2D eigenvalue weighted by atomic mass is 10.2. The molecule has 0 spiro atoms. The van der Waals surface area contributed by atoms with Gasteiger partial charge >= 0.3 is 11.9 Å². The molecule has 0 radical (unpaired) electrons. The van der Waals surface area contributed by atoms with Crippen molar-refractivity contribution >= 4 is 52.0 Å². The number of hydrogen-bond donors (Lipinski definition) is 2. The van der Waals surface area contributed by atoms with Crippen LogP contribution in [0.15, 0.2) is 53.5 Å². The van der Waals surface area contributed by atoms with Crippen molar-refractivity contribution < 1.29 is 23.9 Å². The van der Waals surface area contributed by atoms with Crippen LogP contribution in [-0.4, -0.2) is 35.6 Å². The van der Waals surface area contributed by atoms with Gasteiger partial charge in [-0.25, -0.2) is 4.79 Å². The zero-order chi connectivity index (χ0) is 25.8. The van der Waals surface area contributed by atoms with E-state index in [1.807, 2.05) is 0 Å². The molecule has 10 nitrogen and oxygen atoms in total. The first-order chi connectivity index (χ1) is 16.8. The summed E-state index contributed by atoms with van der Waals surface area (Å²) in [5.74, 6) is -1.90. The molecular weight excluding hydrogens is 472 g/mol. The molecule has 2 aromatic rings. The Hall–Kier alpha value is -4.61. The fourth-order valence-corrected chi connectivity index (χ4v) is 3.54. The molecule has 0 saturated carbocycles. The average Bonchev–Trinajstić information content (AvgIpc) is 3.13. The van der Waals surface area contributed by atoms with Crippen LogP contribution in [0.1, 0.15) is 13.8 Å². The fourth-order valence-electron chi connectivity index (χ4n) is 2.56. The molecule has 1 amide bonds. The molecule has 0 saturated heterocycles. The number of nitrogens with zero attached hydrogens (tertiary/aromatic N) is 2. The topological polar surface area (TPSA) is 140 Å². The number of aromatic nitrogens is 1.